The van der Waals surface area contributed by atoms with Crippen molar-refractivity contribution >= 4 is 10.1 Å². The maximum atomic E-state index is 9.92. The van der Waals surface area contributed by atoms with Crippen molar-refractivity contribution in [3.63, 3.8) is 0 Å². The van der Waals surface area contributed by atoms with Gasteiger partial charge in [-0.05, 0) is 0 Å². The van der Waals surface area contributed by atoms with Crippen LogP contribution in [-0.2, 0) is 10.1 Å². The lowest BCUT2D eigenvalue weighted by Gasteiger charge is -1.96. The largest absolute Gasteiger partial charge is 0.395 e. The first-order chi connectivity index (χ1) is 4.06. The summed E-state index contributed by atoms with van der Waals surface area (Å²) in [6, 6.07) is 0. The van der Waals surface area contributed by atoms with Gasteiger partial charge in [0, 0.05) is 6.54 Å². The van der Waals surface area contributed by atoms with Crippen LogP contribution in [0, 0.1) is 0 Å². The molecule has 0 rings (SSSR count). The molecule has 0 aliphatic heterocycles. The smallest absolute Gasteiger partial charge is 0.278 e. The van der Waals surface area contributed by atoms with E-state index >= 15 is 0 Å². The Kier molecular flexibility index (Phi) is 3.71. The van der Waals surface area contributed by atoms with Crippen LogP contribution in [0.5, 0.6) is 0 Å². The summed E-state index contributed by atoms with van der Waals surface area (Å²) in [5.74, 6) is -0.506. The van der Waals surface area contributed by atoms with E-state index in [0.717, 1.165) is 0 Å². The van der Waals surface area contributed by atoms with Crippen molar-refractivity contribution < 1.29 is 18.1 Å². The van der Waals surface area contributed by atoms with Gasteiger partial charge >= 0.3 is 0 Å². The van der Waals surface area contributed by atoms with Gasteiger partial charge in [-0.2, -0.15) is 8.42 Å². The number of hydrogen-bond acceptors (Lipinski definition) is 4. The van der Waals surface area contributed by atoms with Gasteiger partial charge in [0.2, 0.25) is 0 Å². The summed E-state index contributed by atoms with van der Waals surface area (Å²) in [5.41, 5.74) is 0. The highest BCUT2D eigenvalue weighted by Crippen LogP contribution is 1.74. The zero-order valence-corrected chi connectivity index (χ0v) is 5.56. The van der Waals surface area contributed by atoms with Crippen molar-refractivity contribution in [3.8, 4) is 0 Å². The molecule has 0 fully saturated rings. The summed E-state index contributed by atoms with van der Waals surface area (Å²) < 4.78 is 27.9. The number of nitrogens with one attached hydrogen (secondary N) is 1. The number of aliphatic hydroxyl groups is 1. The minimum absolute atomic E-state index is 0.143. The molecule has 0 saturated carbocycles. The molecule has 0 aliphatic rings. The molecule has 5 nitrogen and oxygen atoms in total. The summed E-state index contributed by atoms with van der Waals surface area (Å²) in [7, 11) is -3.92. The van der Waals surface area contributed by atoms with Gasteiger partial charge in [0.15, 0.2) is 0 Å². The molecule has 56 valence electrons. The Labute approximate surface area is 53.4 Å². The van der Waals surface area contributed by atoms with Crippen LogP contribution in [0.4, 0.5) is 0 Å². The number of rotatable bonds is 4. The average Bonchev–Trinajstić information content (AvgIpc) is 1.63. The van der Waals surface area contributed by atoms with E-state index in [1.807, 2.05) is 0 Å². The van der Waals surface area contributed by atoms with Crippen molar-refractivity contribution in [2.24, 2.45) is 0 Å². The summed E-state index contributed by atoms with van der Waals surface area (Å²) in [6.07, 6.45) is 0. The molecule has 0 atom stereocenters. The van der Waals surface area contributed by atoms with Gasteiger partial charge in [0.1, 0.15) is 5.88 Å². The van der Waals surface area contributed by atoms with Crippen LogP contribution >= 0.6 is 0 Å². The zero-order chi connectivity index (χ0) is 7.33. The Morgan fingerprint density at radius 2 is 2.00 bits per heavy atom. The third-order valence-electron chi connectivity index (χ3n) is 0.573. The van der Waals surface area contributed by atoms with E-state index in [1.54, 1.807) is 0 Å². The van der Waals surface area contributed by atoms with Gasteiger partial charge in [-0.3, -0.25) is 9.87 Å². The predicted octanol–water partition coefficient (Wildman–Crippen LogP) is -1.59. The van der Waals surface area contributed by atoms with Gasteiger partial charge in [0.25, 0.3) is 10.1 Å². The van der Waals surface area contributed by atoms with Crippen molar-refractivity contribution in [3.05, 3.63) is 0 Å². The number of aliphatic hydroxyl groups excluding tert-OH is 1. The highest BCUT2D eigenvalue weighted by molar-refractivity contribution is 7.85. The van der Waals surface area contributed by atoms with Gasteiger partial charge in [-0.15, -0.1) is 0 Å². The summed E-state index contributed by atoms with van der Waals surface area (Å²) in [4.78, 5) is 0. The molecule has 0 heterocycles. The molecule has 0 spiro atoms. The molecule has 0 aliphatic carbocycles. The van der Waals surface area contributed by atoms with Crippen LogP contribution in [0.1, 0.15) is 0 Å². The standard InChI is InChI=1S/C3H9NO4S/c5-2-1-4-3-9(6,7)8/h4-5H,1-3H2,(H,6,7,8). The topological polar surface area (TPSA) is 86.6 Å². The highest BCUT2D eigenvalue weighted by atomic mass is 32.2. The second-order valence-electron chi connectivity index (χ2n) is 1.45. The molecule has 0 aromatic rings. The molecule has 0 amide bonds. The molecule has 0 aromatic heterocycles. The molecule has 0 radical (unpaired) electrons. The van der Waals surface area contributed by atoms with Crippen molar-refractivity contribution in [2.45, 2.75) is 0 Å². The van der Waals surface area contributed by atoms with E-state index < -0.39 is 16.0 Å². The molecule has 3 N–H and O–H groups in total. The van der Waals surface area contributed by atoms with Crippen LogP contribution in [0.2, 0.25) is 0 Å². The van der Waals surface area contributed by atoms with E-state index in [4.69, 9.17) is 9.66 Å². The fraction of sp³-hybridized carbons (Fsp3) is 1.00. The maximum absolute atomic E-state index is 9.92. The molecular weight excluding hydrogens is 146 g/mol. The average molecular weight is 155 g/mol. The third-order valence-corrected chi connectivity index (χ3v) is 1.14. The molecule has 6 heteroatoms. The summed E-state index contributed by atoms with van der Waals surface area (Å²) >= 11 is 0. The van der Waals surface area contributed by atoms with Gasteiger partial charge in [-0.1, -0.05) is 0 Å². The Morgan fingerprint density at radius 1 is 1.44 bits per heavy atom. The molecule has 0 unspecified atom stereocenters. The first-order valence-corrected chi connectivity index (χ1v) is 3.94. The Morgan fingerprint density at radius 3 is 2.33 bits per heavy atom. The van der Waals surface area contributed by atoms with Gasteiger partial charge in [0.05, 0.1) is 6.61 Å². The van der Waals surface area contributed by atoms with Gasteiger partial charge in [-0.25, -0.2) is 0 Å². The van der Waals surface area contributed by atoms with Crippen LogP contribution in [0.3, 0.4) is 0 Å². The number of hydrogen-bond donors (Lipinski definition) is 3. The fourth-order valence-corrected chi connectivity index (χ4v) is 0.682. The minimum atomic E-state index is -3.92. The monoisotopic (exact) mass is 155 g/mol. The van der Waals surface area contributed by atoms with Crippen molar-refractivity contribution in [1.82, 2.24) is 5.32 Å². The molecule has 0 aromatic carbocycles. The van der Waals surface area contributed by atoms with E-state index in [1.165, 1.54) is 0 Å². The maximum Gasteiger partial charge on any atom is 0.278 e. The van der Waals surface area contributed by atoms with Crippen LogP contribution in [0.15, 0.2) is 0 Å². The quantitative estimate of drug-likeness (QED) is 0.336. The van der Waals surface area contributed by atoms with E-state index in [2.05, 4.69) is 5.32 Å². The highest BCUT2D eigenvalue weighted by Gasteiger charge is 2.00. The van der Waals surface area contributed by atoms with E-state index in [9.17, 15) is 8.42 Å². The lowest BCUT2D eigenvalue weighted by molar-refractivity contribution is 0.295. The van der Waals surface area contributed by atoms with Crippen molar-refractivity contribution in [1.29, 1.82) is 0 Å². The van der Waals surface area contributed by atoms with Crippen molar-refractivity contribution in [2.75, 3.05) is 19.0 Å². The first kappa shape index (κ1) is 8.83. The second kappa shape index (κ2) is 3.78. The van der Waals surface area contributed by atoms with Gasteiger partial charge < -0.3 is 5.11 Å². The summed E-state index contributed by atoms with van der Waals surface area (Å²) in [6.45, 7) is 0.0231. The van der Waals surface area contributed by atoms with E-state index in [0.29, 0.717) is 0 Å². The molecular formula is C3H9NO4S. The SMILES string of the molecule is O=S(=O)(O)CNCCO. The van der Waals surface area contributed by atoms with Crippen LogP contribution in [-0.4, -0.2) is 37.1 Å². The molecule has 0 bridgehead atoms. The zero-order valence-electron chi connectivity index (χ0n) is 4.74. The van der Waals surface area contributed by atoms with Crippen LogP contribution < -0.4 is 5.32 Å². The Bertz CT molecular complexity index is 151. The Hall–Kier alpha value is -0.170. The predicted molar refractivity (Wildman–Crippen MR) is 31.5 cm³/mol. The first-order valence-electron chi connectivity index (χ1n) is 2.33. The lowest BCUT2D eigenvalue weighted by Crippen LogP contribution is -2.25. The third kappa shape index (κ3) is 7.83. The molecule has 0 saturated heterocycles. The lowest BCUT2D eigenvalue weighted by atomic mass is 10.7. The Balaban J connectivity index is 3.30. The fourth-order valence-electron chi connectivity index (χ4n) is 0.280. The second-order valence-corrected chi connectivity index (χ2v) is 2.90. The van der Waals surface area contributed by atoms with E-state index in [-0.39, 0.29) is 13.2 Å². The minimum Gasteiger partial charge on any atom is -0.395 e. The summed E-state index contributed by atoms with van der Waals surface area (Å²) in [5, 5.41) is 10.4. The van der Waals surface area contributed by atoms with Crippen LogP contribution in [0.25, 0.3) is 0 Å². The molecule has 9 heavy (non-hydrogen) atoms. The normalized spacial score (nSPS) is 11.8.